The van der Waals surface area contributed by atoms with Crippen molar-refractivity contribution in [1.82, 2.24) is 15.0 Å². The van der Waals surface area contributed by atoms with Crippen LogP contribution in [0.5, 0.6) is 0 Å². The molecule has 1 aromatic carbocycles. The Morgan fingerprint density at radius 1 is 1.21 bits per heavy atom. The lowest BCUT2D eigenvalue weighted by Crippen LogP contribution is -2.00. The van der Waals surface area contributed by atoms with E-state index >= 15 is 0 Å². The first-order chi connectivity index (χ1) is 9.15. The lowest BCUT2D eigenvalue weighted by atomic mass is 10.1. The molecule has 0 atom stereocenters. The molecule has 2 aromatic heterocycles. The minimum absolute atomic E-state index is 0.185. The number of aromatic nitrogens is 3. The Balaban J connectivity index is 2.30. The fourth-order valence-electron chi connectivity index (χ4n) is 2.03. The van der Waals surface area contributed by atoms with Gasteiger partial charge in [0.1, 0.15) is 5.82 Å². The van der Waals surface area contributed by atoms with Gasteiger partial charge in [-0.25, -0.2) is 14.8 Å². The number of carboxylic acids is 1. The number of pyridine rings is 1. The lowest BCUT2D eigenvalue weighted by molar-refractivity contribution is 0.0699. The van der Waals surface area contributed by atoms with E-state index in [9.17, 15) is 9.90 Å². The minimum Gasteiger partial charge on any atom is -0.478 e. The van der Waals surface area contributed by atoms with Crippen LogP contribution in [-0.4, -0.2) is 26.0 Å². The van der Waals surface area contributed by atoms with E-state index in [4.69, 9.17) is 0 Å². The molecule has 0 aliphatic carbocycles. The Labute approximate surface area is 109 Å². The fraction of sp³-hybridized carbons (Fsp3) is 0.0714. The third kappa shape index (κ3) is 1.95. The van der Waals surface area contributed by atoms with Crippen LogP contribution in [-0.2, 0) is 0 Å². The zero-order chi connectivity index (χ0) is 13.4. The van der Waals surface area contributed by atoms with Gasteiger partial charge in [-0.1, -0.05) is 30.3 Å². The van der Waals surface area contributed by atoms with Crippen molar-refractivity contribution in [3.8, 4) is 11.3 Å². The topological polar surface area (TPSA) is 78.9 Å². The molecule has 2 heterocycles. The van der Waals surface area contributed by atoms with E-state index in [2.05, 4.69) is 15.0 Å². The molecular weight excluding hydrogens is 242 g/mol. The maximum atomic E-state index is 11.3. The summed E-state index contributed by atoms with van der Waals surface area (Å²) in [4.78, 5) is 22.9. The molecule has 0 unspecified atom stereocenters. The third-order valence-electron chi connectivity index (χ3n) is 2.88. The number of nitrogens with one attached hydrogen (secondary N) is 1. The van der Waals surface area contributed by atoms with E-state index < -0.39 is 5.97 Å². The van der Waals surface area contributed by atoms with Gasteiger partial charge in [0, 0.05) is 5.56 Å². The van der Waals surface area contributed by atoms with Gasteiger partial charge in [-0.05, 0) is 13.0 Å². The summed E-state index contributed by atoms with van der Waals surface area (Å²) in [6, 6.07) is 11.0. The second-order valence-corrected chi connectivity index (χ2v) is 4.25. The van der Waals surface area contributed by atoms with Crippen molar-refractivity contribution in [2.45, 2.75) is 6.92 Å². The van der Waals surface area contributed by atoms with Gasteiger partial charge in [0.15, 0.2) is 5.65 Å². The van der Waals surface area contributed by atoms with Crippen molar-refractivity contribution in [3.63, 3.8) is 0 Å². The van der Waals surface area contributed by atoms with Crippen molar-refractivity contribution < 1.29 is 9.90 Å². The van der Waals surface area contributed by atoms with Crippen LogP contribution in [0.1, 0.15) is 16.2 Å². The number of imidazole rings is 1. The number of carbonyl (C=O) groups is 1. The molecule has 0 saturated carbocycles. The van der Waals surface area contributed by atoms with Crippen molar-refractivity contribution in [2.75, 3.05) is 0 Å². The van der Waals surface area contributed by atoms with E-state index in [1.165, 1.54) is 0 Å². The Morgan fingerprint density at radius 3 is 2.63 bits per heavy atom. The quantitative estimate of drug-likeness (QED) is 0.735. The maximum absolute atomic E-state index is 11.3. The van der Waals surface area contributed by atoms with E-state index in [1.807, 2.05) is 30.3 Å². The molecule has 2 N–H and O–H groups in total. The van der Waals surface area contributed by atoms with Gasteiger partial charge >= 0.3 is 5.97 Å². The molecule has 0 saturated heterocycles. The summed E-state index contributed by atoms with van der Waals surface area (Å²) >= 11 is 0. The second-order valence-electron chi connectivity index (χ2n) is 4.25. The normalized spacial score (nSPS) is 10.8. The van der Waals surface area contributed by atoms with Crippen LogP contribution >= 0.6 is 0 Å². The molecule has 0 aliphatic heterocycles. The molecule has 0 spiro atoms. The Hall–Kier alpha value is -2.69. The molecule has 94 valence electrons. The number of fused-ring (bicyclic) bond motifs is 1. The number of aromatic carboxylic acids is 1. The summed E-state index contributed by atoms with van der Waals surface area (Å²) in [5.74, 6) is -0.344. The van der Waals surface area contributed by atoms with Gasteiger partial charge in [-0.15, -0.1) is 0 Å². The number of hydrogen-bond acceptors (Lipinski definition) is 3. The largest absolute Gasteiger partial charge is 0.478 e. The van der Waals surface area contributed by atoms with Crippen molar-refractivity contribution >= 4 is 17.1 Å². The molecule has 5 heteroatoms. The van der Waals surface area contributed by atoms with Crippen LogP contribution in [0.15, 0.2) is 36.4 Å². The highest BCUT2D eigenvalue weighted by atomic mass is 16.4. The predicted molar refractivity (Wildman–Crippen MR) is 71.0 cm³/mol. The predicted octanol–water partition coefficient (Wildman–Crippen LogP) is 2.63. The third-order valence-corrected chi connectivity index (χ3v) is 2.88. The van der Waals surface area contributed by atoms with E-state index in [0.717, 1.165) is 5.56 Å². The van der Waals surface area contributed by atoms with Gasteiger partial charge in [-0.2, -0.15) is 0 Å². The van der Waals surface area contributed by atoms with Gasteiger partial charge in [0.2, 0.25) is 0 Å². The monoisotopic (exact) mass is 253 g/mol. The number of benzene rings is 1. The molecular formula is C14H11N3O2. The summed E-state index contributed by atoms with van der Waals surface area (Å²) in [6.07, 6.45) is 0. The molecule has 0 aliphatic rings. The highest BCUT2D eigenvalue weighted by Gasteiger charge is 2.15. The first kappa shape index (κ1) is 11.4. The number of rotatable bonds is 2. The number of aromatic amines is 1. The molecule has 0 amide bonds. The molecule has 0 fully saturated rings. The van der Waals surface area contributed by atoms with E-state index in [1.54, 1.807) is 13.0 Å². The molecule has 5 nitrogen and oxygen atoms in total. The zero-order valence-electron chi connectivity index (χ0n) is 10.2. The zero-order valence-corrected chi connectivity index (χ0v) is 10.2. The number of carboxylic acid groups (broad SMARTS) is 1. The smallest absolute Gasteiger partial charge is 0.338 e. The SMILES string of the molecule is Cc1nc2nc(-c3ccccc3)cc(C(=O)O)c2[nH]1. The maximum Gasteiger partial charge on any atom is 0.338 e. The summed E-state index contributed by atoms with van der Waals surface area (Å²) in [6.45, 7) is 1.77. The standard InChI is InChI=1S/C14H11N3O2/c1-8-15-12-10(14(18)19)7-11(17-13(12)16-8)9-5-3-2-4-6-9/h2-7H,1H3,(H,18,19)(H,15,16,17). The molecule has 0 radical (unpaired) electrons. The molecule has 3 aromatic rings. The fourth-order valence-corrected chi connectivity index (χ4v) is 2.03. The average Bonchev–Trinajstić information content (AvgIpc) is 2.78. The van der Waals surface area contributed by atoms with Crippen molar-refractivity contribution in [2.24, 2.45) is 0 Å². The van der Waals surface area contributed by atoms with Crippen LogP contribution in [0.25, 0.3) is 22.4 Å². The van der Waals surface area contributed by atoms with Crippen LogP contribution in [0, 0.1) is 6.92 Å². The summed E-state index contributed by atoms with van der Waals surface area (Å²) in [7, 11) is 0. The van der Waals surface area contributed by atoms with Gasteiger partial charge in [0.25, 0.3) is 0 Å². The van der Waals surface area contributed by atoms with Crippen molar-refractivity contribution in [3.05, 3.63) is 47.8 Å². The van der Waals surface area contributed by atoms with Crippen LogP contribution in [0.2, 0.25) is 0 Å². The van der Waals surface area contributed by atoms with E-state index in [-0.39, 0.29) is 5.56 Å². The van der Waals surface area contributed by atoms with Crippen molar-refractivity contribution in [1.29, 1.82) is 0 Å². The van der Waals surface area contributed by atoms with Gasteiger partial charge in [0.05, 0.1) is 16.8 Å². The summed E-state index contributed by atoms with van der Waals surface area (Å²) in [5.41, 5.74) is 2.55. The Kier molecular flexibility index (Phi) is 2.52. The first-order valence-electron chi connectivity index (χ1n) is 5.81. The minimum atomic E-state index is -0.992. The lowest BCUT2D eigenvalue weighted by Gasteiger charge is -2.03. The number of nitrogens with zero attached hydrogens (tertiary/aromatic N) is 2. The van der Waals surface area contributed by atoms with Gasteiger partial charge < -0.3 is 10.1 Å². The average molecular weight is 253 g/mol. The second kappa shape index (κ2) is 4.20. The molecule has 19 heavy (non-hydrogen) atoms. The summed E-state index contributed by atoms with van der Waals surface area (Å²) in [5, 5.41) is 9.29. The number of hydrogen-bond donors (Lipinski definition) is 2. The highest BCUT2D eigenvalue weighted by molar-refractivity contribution is 6.01. The number of H-pyrrole nitrogens is 1. The Morgan fingerprint density at radius 2 is 1.95 bits per heavy atom. The summed E-state index contributed by atoms with van der Waals surface area (Å²) < 4.78 is 0. The highest BCUT2D eigenvalue weighted by Crippen LogP contribution is 2.23. The van der Waals surface area contributed by atoms with Crippen LogP contribution < -0.4 is 0 Å². The number of aryl methyl sites for hydroxylation is 1. The molecule has 0 bridgehead atoms. The van der Waals surface area contributed by atoms with E-state index in [0.29, 0.717) is 22.7 Å². The van der Waals surface area contributed by atoms with Gasteiger partial charge in [-0.3, -0.25) is 0 Å². The Bertz CT molecular complexity index is 763. The first-order valence-corrected chi connectivity index (χ1v) is 5.81. The molecule has 3 rings (SSSR count). The van der Waals surface area contributed by atoms with Crippen LogP contribution in [0.4, 0.5) is 0 Å². The van der Waals surface area contributed by atoms with Crippen LogP contribution in [0.3, 0.4) is 0 Å².